The summed E-state index contributed by atoms with van der Waals surface area (Å²) in [6.45, 7) is 12.4. The van der Waals surface area contributed by atoms with Crippen molar-refractivity contribution in [2.45, 2.75) is 40.3 Å². The Hall–Kier alpha value is -1.40. The van der Waals surface area contributed by atoms with Crippen LogP contribution in [0.25, 0.3) is 0 Å². The first-order chi connectivity index (χ1) is 11.3. The molecule has 0 aromatic carbocycles. The second-order valence-electron chi connectivity index (χ2n) is 8.18. The number of fused-ring (bicyclic) bond motifs is 1. The van der Waals surface area contributed by atoms with Crippen LogP contribution in [0, 0.1) is 17.3 Å². The number of amides is 1. The predicted molar refractivity (Wildman–Crippen MR) is 92.3 cm³/mol. The smallest absolute Gasteiger partial charge is 0.225 e. The highest BCUT2D eigenvalue weighted by Crippen LogP contribution is 2.43. The molecule has 0 unspecified atom stereocenters. The van der Waals surface area contributed by atoms with Crippen LogP contribution in [0.1, 0.15) is 39.3 Å². The van der Waals surface area contributed by atoms with E-state index in [2.05, 4.69) is 30.0 Å². The highest BCUT2D eigenvalue weighted by atomic mass is 16.3. The number of carbonyl (C=O) groups is 1. The molecule has 1 amide bonds. The molecule has 2 atom stereocenters. The molecule has 2 fully saturated rings. The fourth-order valence-corrected chi connectivity index (χ4v) is 4.17. The average Bonchev–Trinajstić information content (AvgIpc) is 3.19. The summed E-state index contributed by atoms with van der Waals surface area (Å²) in [6, 6.07) is 0.371. The molecule has 3 heterocycles. The molecule has 24 heavy (non-hydrogen) atoms. The van der Waals surface area contributed by atoms with E-state index < -0.39 is 0 Å². The summed E-state index contributed by atoms with van der Waals surface area (Å²) in [4.78, 5) is 16.7. The Morgan fingerprint density at radius 3 is 2.62 bits per heavy atom. The van der Waals surface area contributed by atoms with Crippen LogP contribution in [0.2, 0.25) is 0 Å². The normalized spacial score (nSPS) is 27.5. The van der Waals surface area contributed by atoms with Gasteiger partial charge >= 0.3 is 0 Å². The first kappa shape index (κ1) is 17.4. The van der Waals surface area contributed by atoms with Gasteiger partial charge in [0.25, 0.3) is 0 Å². The summed E-state index contributed by atoms with van der Waals surface area (Å²) in [6.07, 6.45) is 4.05. The van der Waals surface area contributed by atoms with Crippen LogP contribution in [0.15, 0.2) is 12.4 Å². The summed E-state index contributed by atoms with van der Waals surface area (Å²) in [5, 5.41) is 14.5. The summed E-state index contributed by atoms with van der Waals surface area (Å²) in [5.74, 6) is 0.602. The molecule has 6 nitrogen and oxygen atoms in total. The molecule has 0 saturated carbocycles. The monoisotopic (exact) mass is 334 g/mol. The van der Waals surface area contributed by atoms with Crippen LogP contribution in [-0.2, 0) is 11.3 Å². The summed E-state index contributed by atoms with van der Waals surface area (Å²) in [7, 11) is 0. The third kappa shape index (κ3) is 3.09. The molecule has 0 spiro atoms. The molecule has 0 bridgehead atoms. The van der Waals surface area contributed by atoms with Gasteiger partial charge < -0.3 is 10.0 Å². The second kappa shape index (κ2) is 6.48. The van der Waals surface area contributed by atoms with Gasteiger partial charge in [0.2, 0.25) is 5.91 Å². The minimum Gasteiger partial charge on any atom is -0.396 e. The molecule has 2 aliphatic heterocycles. The molecule has 3 rings (SSSR count). The van der Waals surface area contributed by atoms with Crippen LogP contribution < -0.4 is 0 Å². The van der Waals surface area contributed by atoms with E-state index in [1.165, 1.54) is 5.56 Å². The van der Waals surface area contributed by atoms with Crippen LogP contribution in [0.4, 0.5) is 0 Å². The molecular formula is C18H30N4O2. The average molecular weight is 334 g/mol. The zero-order valence-electron chi connectivity index (χ0n) is 15.3. The molecule has 2 aliphatic rings. The van der Waals surface area contributed by atoms with Gasteiger partial charge in [-0.1, -0.05) is 13.8 Å². The van der Waals surface area contributed by atoms with Gasteiger partial charge in [0.05, 0.1) is 12.8 Å². The maximum atomic E-state index is 12.3. The number of hydrogen-bond donors (Lipinski definition) is 1. The van der Waals surface area contributed by atoms with Crippen molar-refractivity contribution < 1.29 is 9.90 Å². The van der Waals surface area contributed by atoms with Gasteiger partial charge in [-0.2, -0.15) is 5.10 Å². The number of carbonyl (C=O) groups excluding carboxylic acids is 1. The Bertz CT molecular complexity index is 598. The van der Waals surface area contributed by atoms with Crippen molar-refractivity contribution in [3.8, 4) is 0 Å². The zero-order valence-corrected chi connectivity index (χ0v) is 15.3. The summed E-state index contributed by atoms with van der Waals surface area (Å²) < 4.78 is 1.98. The summed E-state index contributed by atoms with van der Waals surface area (Å²) in [5.41, 5.74) is 1.06. The fourth-order valence-electron chi connectivity index (χ4n) is 4.17. The van der Waals surface area contributed by atoms with Crippen LogP contribution in [0.3, 0.4) is 0 Å². The number of aliphatic hydroxyl groups is 1. The highest BCUT2D eigenvalue weighted by molar-refractivity contribution is 5.78. The van der Waals surface area contributed by atoms with Gasteiger partial charge in [-0.25, -0.2) is 0 Å². The SMILES string of the molecule is CC(C)C(=O)N1C[C@@H]2CN(Cc3cnn(C(C)C)c3)C[C@]2(CO)C1. The minimum absolute atomic E-state index is 0.0255. The first-order valence-electron chi connectivity index (χ1n) is 8.99. The van der Waals surface area contributed by atoms with E-state index >= 15 is 0 Å². The Balaban J connectivity index is 1.65. The van der Waals surface area contributed by atoms with E-state index in [-0.39, 0.29) is 23.8 Å². The molecule has 2 saturated heterocycles. The largest absolute Gasteiger partial charge is 0.396 e. The predicted octanol–water partition coefficient (Wildman–Crippen LogP) is 1.37. The fraction of sp³-hybridized carbons (Fsp3) is 0.778. The second-order valence-corrected chi connectivity index (χ2v) is 8.18. The molecule has 6 heteroatoms. The van der Waals surface area contributed by atoms with Gasteiger partial charge in [0, 0.05) is 61.9 Å². The lowest BCUT2D eigenvalue weighted by Gasteiger charge is -2.27. The lowest BCUT2D eigenvalue weighted by atomic mass is 9.82. The van der Waals surface area contributed by atoms with E-state index in [0.29, 0.717) is 18.5 Å². The molecular weight excluding hydrogens is 304 g/mol. The number of aliphatic hydroxyl groups excluding tert-OH is 1. The zero-order chi connectivity index (χ0) is 17.5. The lowest BCUT2D eigenvalue weighted by molar-refractivity contribution is -0.134. The Morgan fingerprint density at radius 2 is 2.08 bits per heavy atom. The minimum atomic E-state index is -0.154. The lowest BCUT2D eigenvalue weighted by Crippen LogP contribution is -2.40. The van der Waals surface area contributed by atoms with E-state index in [9.17, 15) is 9.90 Å². The third-order valence-electron chi connectivity index (χ3n) is 5.54. The molecule has 0 aliphatic carbocycles. The molecule has 0 radical (unpaired) electrons. The first-order valence-corrected chi connectivity index (χ1v) is 8.99. The quantitative estimate of drug-likeness (QED) is 0.883. The topological polar surface area (TPSA) is 61.6 Å². The summed E-state index contributed by atoms with van der Waals surface area (Å²) >= 11 is 0. The van der Waals surface area contributed by atoms with Crippen molar-refractivity contribution >= 4 is 5.91 Å². The van der Waals surface area contributed by atoms with E-state index in [1.807, 2.05) is 29.6 Å². The van der Waals surface area contributed by atoms with Crippen molar-refractivity contribution in [2.24, 2.45) is 17.3 Å². The Morgan fingerprint density at radius 1 is 1.33 bits per heavy atom. The van der Waals surface area contributed by atoms with E-state index in [1.54, 1.807) is 0 Å². The van der Waals surface area contributed by atoms with Crippen molar-refractivity contribution in [3.63, 3.8) is 0 Å². The van der Waals surface area contributed by atoms with Crippen LogP contribution >= 0.6 is 0 Å². The maximum absolute atomic E-state index is 12.3. The van der Waals surface area contributed by atoms with Gasteiger partial charge in [-0.05, 0) is 19.8 Å². The van der Waals surface area contributed by atoms with E-state index in [0.717, 1.165) is 26.2 Å². The van der Waals surface area contributed by atoms with Crippen molar-refractivity contribution in [2.75, 3.05) is 32.8 Å². The van der Waals surface area contributed by atoms with Crippen LogP contribution in [0.5, 0.6) is 0 Å². The van der Waals surface area contributed by atoms with E-state index in [4.69, 9.17) is 0 Å². The van der Waals surface area contributed by atoms with Gasteiger partial charge in [-0.15, -0.1) is 0 Å². The number of nitrogens with zero attached hydrogens (tertiary/aromatic N) is 4. The van der Waals surface area contributed by atoms with Crippen molar-refractivity contribution in [3.05, 3.63) is 18.0 Å². The van der Waals surface area contributed by atoms with Gasteiger partial charge in [0.15, 0.2) is 0 Å². The molecule has 134 valence electrons. The van der Waals surface area contributed by atoms with Gasteiger partial charge in [0.1, 0.15) is 0 Å². The number of aromatic nitrogens is 2. The van der Waals surface area contributed by atoms with Crippen LogP contribution in [-0.4, -0.2) is 63.4 Å². The van der Waals surface area contributed by atoms with Gasteiger partial charge in [-0.3, -0.25) is 14.4 Å². The highest BCUT2D eigenvalue weighted by Gasteiger charge is 2.53. The van der Waals surface area contributed by atoms with Crippen molar-refractivity contribution in [1.82, 2.24) is 19.6 Å². The number of likely N-dealkylation sites (tertiary alicyclic amines) is 2. The Labute approximate surface area is 144 Å². The molecule has 1 N–H and O–H groups in total. The molecule has 1 aromatic rings. The molecule has 1 aromatic heterocycles. The van der Waals surface area contributed by atoms with Crippen molar-refractivity contribution in [1.29, 1.82) is 0 Å². The number of hydrogen-bond acceptors (Lipinski definition) is 4. The maximum Gasteiger partial charge on any atom is 0.225 e. The Kier molecular flexibility index (Phi) is 4.71. The number of rotatable bonds is 5. The standard InChI is InChI=1S/C18H30N4O2/c1-13(2)17(24)21-9-16-8-20(10-18(16,11-21)12-23)6-15-5-19-22(7-15)14(3)4/h5,7,13-14,16,23H,6,8-12H2,1-4H3/t16-,18+/m0/s1. The third-order valence-corrected chi connectivity index (χ3v) is 5.54.